The molecule has 2 N–H and O–H groups in total. The summed E-state index contributed by atoms with van der Waals surface area (Å²) < 4.78 is 43.9. The molecule has 0 aromatic heterocycles. The largest absolute Gasteiger partial charge is 0.481 e. The van der Waals surface area contributed by atoms with Crippen LogP contribution in [0.1, 0.15) is 30.4 Å². The van der Waals surface area contributed by atoms with Gasteiger partial charge in [0, 0.05) is 11.5 Å². The van der Waals surface area contributed by atoms with Crippen molar-refractivity contribution in [3.63, 3.8) is 0 Å². The normalized spacial score (nSPS) is 26.8. The van der Waals surface area contributed by atoms with E-state index in [4.69, 9.17) is 0 Å². The van der Waals surface area contributed by atoms with Crippen LogP contribution in [0.4, 0.5) is 13.2 Å². The summed E-state index contributed by atoms with van der Waals surface area (Å²) in [6.07, 6.45) is 1.82. The lowest BCUT2D eigenvalue weighted by Crippen LogP contribution is -2.50. The number of aliphatic carboxylic acids is 2. The summed E-state index contributed by atoms with van der Waals surface area (Å²) >= 11 is 0. The molecule has 0 aliphatic heterocycles. The van der Waals surface area contributed by atoms with Crippen molar-refractivity contribution in [1.82, 2.24) is 0 Å². The Bertz CT molecular complexity index is 967. The Morgan fingerprint density at radius 2 is 1.50 bits per heavy atom. The van der Waals surface area contributed by atoms with Crippen molar-refractivity contribution in [2.45, 2.75) is 24.7 Å². The van der Waals surface area contributed by atoms with Gasteiger partial charge in [0.25, 0.3) is 0 Å². The van der Waals surface area contributed by atoms with Crippen molar-refractivity contribution < 1.29 is 33.0 Å². The first-order valence-electron chi connectivity index (χ1n) is 8.48. The van der Waals surface area contributed by atoms with E-state index >= 15 is 0 Å². The summed E-state index contributed by atoms with van der Waals surface area (Å²) in [5, 5.41) is 19.7. The van der Waals surface area contributed by atoms with Gasteiger partial charge in [-0.2, -0.15) is 0 Å². The molecule has 3 unspecified atom stereocenters. The highest BCUT2D eigenvalue weighted by Crippen LogP contribution is 2.53. The molecule has 28 heavy (non-hydrogen) atoms. The Morgan fingerprint density at radius 1 is 0.929 bits per heavy atom. The molecule has 1 aliphatic rings. The maximum Gasteiger partial charge on any atom is 0.315 e. The van der Waals surface area contributed by atoms with Crippen molar-refractivity contribution >= 4 is 11.9 Å². The highest BCUT2D eigenvalue weighted by Gasteiger charge is 2.57. The van der Waals surface area contributed by atoms with Crippen molar-refractivity contribution in [3.05, 3.63) is 83.2 Å². The molecule has 1 aliphatic carbocycles. The van der Waals surface area contributed by atoms with E-state index in [1.807, 2.05) is 0 Å². The van der Waals surface area contributed by atoms with E-state index in [1.54, 1.807) is 0 Å². The lowest BCUT2D eigenvalue weighted by molar-refractivity contribution is -0.152. The molecule has 0 fully saturated rings. The summed E-state index contributed by atoms with van der Waals surface area (Å²) in [4.78, 5) is 24.3. The van der Waals surface area contributed by atoms with E-state index in [9.17, 15) is 33.0 Å². The Morgan fingerprint density at radius 3 is 2.04 bits per heavy atom. The Hall–Kier alpha value is -3.09. The molecule has 7 heteroatoms. The highest BCUT2D eigenvalue weighted by atomic mass is 19.1. The first-order valence-corrected chi connectivity index (χ1v) is 8.48. The fourth-order valence-electron chi connectivity index (χ4n) is 3.95. The molecule has 2 aromatic rings. The number of allylic oxidation sites excluding steroid dienone is 1. The smallest absolute Gasteiger partial charge is 0.315 e. The van der Waals surface area contributed by atoms with Crippen LogP contribution in [0.25, 0.3) is 0 Å². The minimum Gasteiger partial charge on any atom is -0.481 e. The fraction of sp³-hybridized carbons (Fsp3) is 0.238. The Kier molecular flexibility index (Phi) is 4.79. The molecule has 0 saturated heterocycles. The van der Waals surface area contributed by atoms with Crippen molar-refractivity contribution in [3.8, 4) is 0 Å². The standard InChI is InChI=1S/C21H17F3O4/c1-20(18(25)26)10-9-13(12-5-2-3-6-14(12)22)21(11-20,19(27)28)17-15(23)7-4-8-16(17)24/h2-10,13H,11H2,1H3,(H,25,26)(H,27,28). The molecule has 0 bridgehead atoms. The second kappa shape index (κ2) is 6.82. The molecule has 0 saturated carbocycles. The van der Waals surface area contributed by atoms with Gasteiger partial charge in [-0.3, -0.25) is 9.59 Å². The minimum atomic E-state index is -2.36. The number of hydrogen-bond acceptors (Lipinski definition) is 2. The summed E-state index contributed by atoms with van der Waals surface area (Å²) in [6, 6.07) is 8.19. The zero-order chi connectivity index (χ0) is 20.7. The number of carboxylic acid groups (broad SMARTS) is 2. The molecule has 0 amide bonds. The van der Waals surface area contributed by atoms with Crippen LogP contribution in [0.2, 0.25) is 0 Å². The van der Waals surface area contributed by atoms with Gasteiger partial charge in [-0.25, -0.2) is 13.2 Å². The van der Waals surface area contributed by atoms with Crippen LogP contribution in [0.15, 0.2) is 54.6 Å². The van der Waals surface area contributed by atoms with Gasteiger partial charge in [0.05, 0.1) is 5.41 Å². The number of halogens is 3. The van der Waals surface area contributed by atoms with E-state index in [-0.39, 0.29) is 5.56 Å². The molecular weight excluding hydrogens is 373 g/mol. The lowest BCUT2D eigenvalue weighted by atomic mass is 9.56. The first-order chi connectivity index (χ1) is 13.1. The van der Waals surface area contributed by atoms with Crippen LogP contribution in [0, 0.1) is 22.9 Å². The Balaban J connectivity index is 2.41. The molecule has 4 nitrogen and oxygen atoms in total. The van der Waals surface area contributed by atoms with Gasteiger partial charge in [0.15, 0.2) is 0 Å². The lowest BCUT2D eigenvalue weighted by Gasteiger charge is -2.44. The predicted octanol–water partition coefficient (Wildman–Crippen LogP) is 4.26. The Labute approximate surface area is 158 Å². The quantitative estimate of drug-likeness (QED) is 0.765. The van der Waals surface area contributed by atoms with E-state index in [1.165, 1.54) is 37.3 Å². The van der Waals surface area contributed by atoms with E-state index < -0.39 is 58.1 Å². The summed E-state index contributed by atoms with van der Waals surface area (Å²) in [5.74, 6) is -7.32. The molecule has 3 rings (SSSR count). The molecular formula is C21H17F3O4. The van der Waals surface area contributed by atoms with Gasteiger partial charge in [0.2, 0.25) is 0 Å². The number of hydrogen-bond donors (Lipinski definition) is 2. The molecule has 0 spiro atoms. The zero-order valence-electron chi connectivity index (χ0n) is 14.8. The van der Waals surface area contributed by atoms with E-state index in [0.717, 1.165) is 24.3 Å². The second-order valence-electron chi connectivity index (χ2n) is 7.13. The third-order valence-corrected chi connectivity index (χ3v) is 5.35. The number of carboxylic acids is 2. The topological polar surface area (TPSA) is 74.6 Å². The molecule has 0 heterocycles. The average molecular weight is 390 g/mol. The van der Waals surface area contributed by atoms with Crippen LogP contribution in [-0.2, 0) is 15.0 Å². The zero-order valence-corrected chi connectivity index (χ0v) is 14.8. The first kappa shape index (κ1) is 19.7. The van der Waals surface area contributed by atoms with Crippen LogP contribution in [0.3, 0.4) is 0 Å². The van der Waals surface area contributed by atoms with Gasteiger partial charge >= 0.3 is 11.9 Å². The minimum absolute atomic E-state index is 0.0868. The summed E-state index contributed by atoms with van der Waals surface area (Å²) in [6.45, 7) is 1.26. The van der Waals surface area contributed by atoms with Gasteiger partial charge in [-0.15, -0.1) is 0 Å². The summed E-state index contributed by atoms with van der Waals surface area (Å²) in [5.41, 5.74) is -4.95. The molecule has 146 valence electrons. The SMILES string of the molecule is CC1(C(=O)O)C=CC(c2ccccc2F)C(C(=O)O)(c2c(F)cccc2F)C1. The van der Waals surface area contributed by atoms with Gasteiger partial charge < -0.3 is 10.2 Å². The number of benzene rings is 2. The van der Waals surface area contributed by atoms with Crippen LogP contribution >= 0.6 is 0 Å². The van der Waals surface area contributed by atoms with E-state index in [0.29, 0.717) is 0 Å². The van der Waals surface area contributed by atoms with Crippen LogP contribution in [-0.4, -0.2) is 22.2 Å². The van der Waals surface area contributed by atoms with Gasteiger partial charge in [0.1, 0.15) is 22.9 Å². The summed E-state index contributed by atoms with van der Waals surface area (Å²) in [7, 11) is 0. The third-order valence-electron chi connectivity index (χ3n) is 5.35. The van der Waals surface area contributed by atoms with Crippen molar-refractivity contribution in [1.29, 1.82) is 0 Å². The van der Waals surface area contributed by atoms with Crippen LogP contribution in [0.5, 0.6) is 0 Å². The highest BCUT2D eigenvalue weighted by molar-refractivity contribution is 5.87. The molecule has 3 atom stereocenters. The molecule has 0 radical (unpaired) electrons. The van der Waals surface area contributed by atoms with Crippen molar-refractivity contribution in [2.75, 3.05) is 0 Å². The second-order valence-corrected chi connectivity index (χ2v) is 7.13. The number of rotatable bonds is 4. The maximum atomic E-state index is 14.7. The maximum absolute atomic E-state index is 14.7. The van der Waals surface area contributed by atoms with Crippen molar-refractivity contribution in [2.24, 2.45) is 5.41 Å². The van der Waals surface area contributed by atoms with E-state index in [2.05, 4.69) is 0 Å². The monoisotopic (exact) mass is 390 g/mol. The van der Waals surface area contributed by atoms with Gasteiger partial charge in [-0.05, 0) is 37.1 Å². The molecule has 2 aromatic carbocycles. The van der Waals surface area contributed by atoms with Crippen LogP contribution < -0.4 is 0 Å². The average Bonchev–Trinajstić information content (AvgIpc) is 2.62. The fourth-order valence-corrected chi connectivity index (χ4v) is 3.95. The predicted molar refractivity (Wildman–Crippen MR) is 94.3 cm³/mol. The number of carbonyl (C=O) groups is 2. The third kappa shape index (κ3) is 2.87. The van der Waals surface area contributed by atoms with Gasteiger partial charge in [-0.1, -0.05) is 36.4 Å².